The Labute approximate surface area is 116 Å². The zero-order chi connectivity index (χ0) is 15.0. The third kappa shape index (κ3) is 5.15. The first kappa shape index (κ1) is 15.8. The number of aliphatic hydroxyl groups is 1. The van der Waals surface area contributed by atoms with Crippen molar-refractivity contribution in [2.24, 2.45) is 0 Å². The molecule has 0 saturated heterocycles. The smallest absolute Gasteiger partial charge is 0.336 e. The van der Waals surface area contributed by atoms with Crippen LogP contribution in [0, 0.1) is 0 Å². The van der Waals surface area contributed by atoms with Gasteiger partial charge in [-0.1, -0.05) is 12.1 Å². The van der Waals surface area contributed by atoms with Crippen molar-refractivity contribution in [2.45, 2.75) is 12.5 Å². The third-order valence-electron chi connectivity index (χ3n) is 2.47. The lowest BCUT2D eigenvalue weighted by Crippen LogP contribution is -2.37. The summed E-state index contributed by atoms with van der Waals surface area (Å²) in [6.45, 7) is -0.0483. The van der Waals surface area contributed by atoms with E-state index in [-0.39, 0.29) is 25.5 Å². The first-order valence-corrected chi connectivity index (χ1v) is 6.04. The van der Waals surface area contributed by atoms with E-state index in [0.717, 1.165) is 7.11 Å². The van der Waals surface area contributed by atoms with Gasteiger partial charge in [0.2, 0.25) is 5.91 Å². The van der Waals surface area contributed by atoms with Gasteiger partial charge in [0.1, 0.15) is 5.75 Å². The number of carbonyl (C=O) groups is 2. The van der Waals surface area contributed by atoms with Gasteiger partial charge >= 0.3 is 5.97 Å². The monoisotopic (exact) mass is 282 g/mol. The molecule has 1 aromatic rings. The number of nitrogens with one attached hydrogen (secondary N) is 1. The average molecular weight is 282 g/mol. The number of aliphatic hydroxyl groups excluding tert-OH is 1. The molecule has 1 amide bonds. The molecule has 1 aromatic carbocycles. The minimum absolute atomic E-state index is 0.0855. The molecule has 1 unspecified atom stereocenters. The van der Waals surface area contributed by atoms with Crippen molar-refractivity contribution in [3.63, 3.8) is 0 Å². The van der Waals surface area contributed by atoms with Crippen molar-refractivity contribution in [1.82, 2.24) is 5.32 Å². The van der Waals surface area contributed by atoms with Crippen LogP contribution in [-0.4, -0.2) is 43.3 Å². The fourth-order valence-corrected chi connectivity index (χ4v) is 1.38. The number of methoxy groups -OCH3 is 1. The zero-order valence-corrected chi connectivity index (χ0v) is 11.2. The fourth-order valence-electron chi connectivity index (χ4n) is 1.38. The lowest BCUT2D eigenvalue weighted by molar-refractivity contribution is -0.150. The maximum atomic E-state index is 11.4. The summed E-state index contributed by atoms with van der Waals surface area (Å²) in [5.74, 6) is -0.629. The van der Waals surface area contributed by atoms with Crippen LogP contribution in [0.2, 0.25) is 0 Å². The number of carbonyl (C=O) groups excluding carboxylic acids is 2. The lowest BCUT2D eigenvalue weighted by Gasteiger charge is -2.11. The lowest BCUT2D eigenvalue weighted by atomic mass is 10.3. The molecule has 0 saturated carbocycles. The molecule has 0 spiro atoms. The number of hydrogen-bond donors (Lipinski definition) is 3. The molecule has 0 heterocycles. The summed E-state index contributed by atoms with van der Waals surface area (Å²) in [7, 11) is 1.16. The highest BCUT2D eigenvalue weighted by atomic mass is 16.5. The minimum Gasteiger partial charge on any atom is -0.491 e. The second-order valence-corrected chi connectivity index (χ2v) is 3.98. The van der Waals surface area contributed by atoms with Crippen LogP contribution in [0.1, 0.15) is 6.42 Å². The van der Waals surface area contributed by atoms with E-state index in [4.69, 9.17) is 10.5 Å². The highest BCUT2D eigenvalue weighted by Crippen LogP contribution is 2.19. The number of hydrogen-bond acceptors (Lipinski definition) is 6. The van der Waals surface area contributed by atoms with Gasteiger partial charge < -0.3 is 25.6 Å². The van der Waals surface area contributed by atoms with Gasteiger partial charge in [0.25, 0.3) is 0 Å². The van der Waals surface area contributed by atoms with Gasteiger partial charge in [-0.2, -0.15) is 0 Å². The maximum Gasteiger partial charge on any atom is 0.336 e. The van der Waals surface area contributed by atoms with Crippen LogP contribution in [0.5, 0.6) is 5.75 Å². The van der Waals surface area contributed by atoms with Crippen molar-refractivity contribution >= 4 is 17.6 Å². The van der Waals surface area contributed by atoms with Crippen molar-refractivity contribution < 1.29 is 24.2 Å². The number of nitrogens with two attached hydrogens (primary N) is 1. The fraction of sp³-hybridized carbons (Fsp3) is 0.385. The molecular formula is C13H18N2O5. The molecule has 0 bridgehead atoms. The quantitative estimate of drug-likeness (QED) is 0.467. The Morgan fingerprint density at radius 3 is 2.75 bits per heavy atom. The van der Waals surface area contributed by atoms with Crippen LogP contribution in [0.25, 0.3) is 0 Å². The summed E-state index contributed by atoms with van der Waals surface area (Å²) in [5.41, 5.74) is 6.17. The van der Waals surface area contributed by atoms with Gasteiger partial charge in [0, 0.05) is 0 Å². The minimum atomic E-state index is -1.37. The molecule has 4 N–H and O–H groups in total. The first-order valence-electron chi connectivity index (χ1n) is 6.04. The first-order chi connectivity index (χ1) is 9.54. The predicted octanol–water partition coefficient (Wildman–Crippen LogP) is -0.312. The Kier molecular flexibility index (Phi) is 6.31. The van der Waals surface area contributed by atoms with Gasteiger partial charge in [-0.05, 0) is 12.1 Å². The largest absolute Gasteiger partial charge is 0.491 e. The number of rotatable bonds is 7. The summed E-state index contributed by atoms with van der Waals surface area (Å²) in [6, 6.07) is 6.96. The summed E-state index contributed by atoms with van der Waals surface area (Å²) >= 11 is 0. The van der Waals surface area contributed by atoms with Crippen molar-refractivity contribution in [2.75, 3.05) is 26.0 Å². The van der Waals surface area contributed by atoms with E-state index in [0.29, 0.717) is 11.4 Å². The normalized spacial score (nSPS) is 11.5. The zero-order valence-electron chi connectivity index (χ0n) is 11.2. The molecule has 110 valence electrons. The molecular weight excluding hydrogens is 264 g/mol. The second-order valence-electron chi connectivity index (χ2n) is 3.98. The van der Waals surface area contributed by atoms with Gasteiger partial charge in [0.15, 0.2) is 6.10 Å². The molecule has 0 radical (unpaired) electrons. The summed E-state index contributed by atoms with van der Waals surface area (Å²) in [5, 5.41) is 11.7. The van der Waals surface area contributed by atoms with E-state index in [9.17, 15) is 14.7 Å². The van der Waals surface area contributed by atoms with E-state index in [1.165, 1.54) is 0 Å². The van der Waals surface area contributed by atoms with E-state index in [1.54, 1.807) is 24.3 Å². The standard InChI is InChI=1S/C13H18N2O5/c1-19-13(18)10(16)8-15-12(17)6-7-20-11-5-3-2-4-9(11)14/h2-5,10,16H,6-8,14H2,1H3,(H,15,17). The topological polar surface area (TPSA) is 111 Å². The Balaban J connectivity index is 2.24. The van der Waals surface area contributed by atoms with Crippen LogP contribution in [-0.2, 0) is 14.3 Å². The van der Waals surface area contributed by atoms with Gasteiger partial charge in [-0.3, -0.25) is 4.79 Å². The highest BCUT2D eigenvalue weighted by Gasteiger charge is 2.15. The highest BCUT2D eigenvalue weighted by molar-refractivity contribution is 5.78. The van der Waals surface area contributed by atoms with Gasteiger partial charge in [-0.25, -0.2) is 4.79 Å². The molecule has 0 aliphatic rings. The van der Waals surface area contributed by atoms with E-state index >= 15 is 0 Å². The van der Waals surface area contributed by atoms with Crippen LogP contribution in [0.4, 0.5) is 5.69 Å². The molecule has 20 heavy (non-hydrogen) atoms. The third-order valence-corrected chi connectivity index (χ3v) is 2.47. The molecule has 7 heteroatoms. The number of nitrogen functional groups attached to an aromatic ring is 1. The van der Waals surface area contributed by atoms with Gasteiger partial charge in [0.05, 0.1) is 32.4 Å². The Morgan fingerprint density at radius 1 is 1.40 bits per heavy atom. The molecule has 0 aliphatic carbocycles. The molecule has 0 fully saturated rings. The SMILES string of the molecule is COC(=O)C(O)CNC(=O)CCOc1ccccc1N. The van der Waals surface area contributed by atoms with Crippen molar-refractivity contribution in [3.05, 3.63) is 24.3 Å². The number of benzene rings is 1. The number of anilines is 1. The number of amides is 1. The average Bonchev–Trinajstić information content (AvgIpc) is 2.45. The van der Waals surface area contributed by atoms with E-state index in [1.807, 2.05) is 0 Å². The van der Waals surface area contributed by atoms with Gasteiger partial charge in [-0.15, -0.1) is 0 Å². The van der Waals surface area contributed by atoms with Crippen molar-refractivity contribution in [3.8, 4) is 5.75 Å². The Bertz CT molecular complexity index is 464. The molecule has 0 aromatic heterocycles. The Morgan fingerprint density at radius 2 is 2.10 bits per heavy atom. The van der Waals surface area contributed by atoms with Crippen molar-refractivity contribution in [1.29, 1.82) is 0 Å². The van der Waals surface area contributed by atoms with Crippen LogP contribution >= 0.6 is 0 Å². The second kappa shape index (κ2) is 8.00. The van der Waals surface area contributed by atoms with E-state index < -0.39 is 12.1 Å². The maximum absolute atomic E-state index is 11.4. The predicted molar refractivity (Wildman–Crippen MR) is 72.0 cm³/mol. The van der Waals surface area contributed by atoms with Crippen LogP contribution < -0.4 is 15.8 Å². The summed E-state index contributed by atoms with van der Waals surface area (Å²) < 4.78 is 9.66. The Hall–Kier alpha value is -2.28. The number of esters is 1. The summed E-state index contributed by atoms with van der Waals surface area (Å²) in [4.78, 5) is 22.3. The van der Waals surface area contributed by atoms with Crippen LogP contribution in [0.15, 0.2) is 24.3 Å². The molecule has 1 atom stereocenters. The summed E-state index contributed by atoms with van der Waals surface area (Å²) in [6.07, 6.45) is -1.28. The van der Waals surface area contributed by atoms with E-state index in [2.05, 4.69) is 10.1 Å². The molecule has 0 aliphatic heterocycles. The van der Waals surface area contributed by atoms with Crippen LogP contribution in [0.3, 0.4) is 0 Å². The number of para-hydroxylation sites is 2. The molecule has 1 rings (SSSR count). The molecule has 7 nitrogen and oxygen atoms in total. The number of ether oxygens (including phenoxy) is 2.